The molecule has 3 rings (SSSR count). The zero-order chi connectivity index (χ0) is 31.9. The quantitative estimate of drug-likeness (QED) is 0.123. The van der Waals surface area contributed by atoms with Crippen molar-refractivity contribution in [2.24, 2.45) is 23.1 Å². The standard InChI is InChI=1S/C28H38BF3N6O5/c1-27(2)20-10-9-19(13-21(20)29(42)43-27)37-26(41)23(12-16-5-7-18(8-6-16)28(30,31)32)38-25(40)22(35)4-3-11-36-24(39)17(14-33)15-34/h5-10,13,17,22-23,42H,3-4,11-12,14-15,33-35H2,1-2H3,(H,36,39)(H,37,41)(H,38,40)/t22-,23+/m0/s1. The molecular weight excluding hydrogens is 568 g/mol. The molecule has 0 radical (unpaired) electrons. The highest BCUT2D eigenvalue weighted by Crippen LogP contribution is 2.31. The summed E-state index contributed by atoms with van der Waals surface area (Å²) in [5.41, 5.74) is 17.4. The summed E-state index contributed by atoms with van der Waals surface area (Å²) >= 11 is 0. The summed E-state index contributed by atoms with van der Waals surface area (Å²) < 4.78 is 44.7. The summed E-state index contributed by atoms with van der Waals surface area (Å²) in [5.74, 6) is -2.12. The van der Waals surface area contributed by atoms with E-state index in [-0.39, 0.29) is 38.4 Å². The van der Waals surface area contributed by atoms with Crippen LogP contribution in [0, 0.1) is 5.92 Å². The van der Waals surface area contributed by atoms with E-state index in [9.17, 15) is 32.6 Å². The molecule has 0 aliphatic carbocycles. The number of carbonyl (C=O) groups is 3. The fourth-order valence-corrected chi connectivity index (χ4v) is 4.70. The second-order valence-electron chi connectivity index (χ2n) is 10.9. The van der Waals surface area contributed by atoms with Crippen LogP contribution in [0.25, 0.3) is 0 Å². The molecule has 1 aliphatic heterocycles. The second-order valence-corrected chi connectivity index (χ2v) is 10.9. The molecule has 0 unspecified atom stereocenters. The van der Waals surface area contributed by atoms with Gasteiger partial charge in [0.2, 0.25) is 17.7 Å². The third-order valence-electron chi connectivity index (χ3n) is 7.26. The van der Waals surface area contributed by atoms with E-state index < -0.39 is 54.3 Å². The van der Waals surface area contributed by atoms with E-state index in [2.05, 4.69) is 16.0 Å². The Labute approximate surface area is 248 Å². The normalized spacial score (nSPS) is 15.5. The molecule has 2 atom stereocenters. The number of rotatable bonds is 13. The maximum Gasteiger partial charge on any atom is 0.492 e. The van der Waals surface area contributed by atoms with Crippen LogP contribution in [-0.2, 0) is 37.2 Å². The molecule has 11 nitrogen and oxygen atoms in total. The van der Waals surface area contributed by atoms with Crippen molar-refractivity contribution in [3.05, 3.63) is 59.2 Å². The maximum atomic E-state index is 13.4. The highest BCUT2D eigenvalue weighted by molar-refractivity contribution is 6.62. The molecule has 10 N–H and O–H groups in total. The molecule has 234 valence electrons. The average Bonchev–Trinajstić information content (AvgIpc) is 3.17. The van der Waals surface area contributed by atoms with Crippen molar-refractivity contribution >= 4 is 36.0 Å². The van der Waals surface area contributed by atoms with E-state index in [1.807, 2.05) is 0 Å². The summed E-state index contributed by atoms with van der Waals surface area (Å²) in [5, 5.41) is 18.3. The van der Waals surface area contributed by atoms with Crippen molar-refractivity contribution in [1.82, 2.24) is 10.6 Å². The van der Waals surface area contributed by atoms with E-state index in [4.69, 9.17) is 21.9 Å². The first-order valence-corrected chi connectivity index (χ1v) is 13.9. The first-order valence-electron chi connectivity index (χ1n) is 13.9. The molecule has 1 aliphatic rings. The Balaban J connectivity index is 1.70. The Bertz CT molecular complexity index is 1290. The van der Waals surface area contributed by atoms with Crippen LogP contribution in [0.2, 0.25) is 0 Å². The van der Waals surface area contributed by atoms with Gasteiger partial charge in [-0.1, -0.05) is 18.2 Å². The van der Waals surface area contributed by atoms with Crippen LogP contribution in [0.1, 0.15) is 43.4 Å². The predicted molar refractivity (Wildman–Crippen MR) is 156 cm³/mol. The summed E-state index contributed by atoms with van der Waals surface area (Å²) in [6.45, 7) is 4.03. The lowest BCUT2D eigenvalue weighted by molar-refractivity contribution is -0.137. The number of anilines is 1. The number of hydrogen-bond donors (Lipinski definition) is 7. The summed E-state index contributed by atoms with van der Waals surface area (Å²) in [4.78, 5) is 38.3. The zero-order valence-corrected chi connectivity index (χ0v) is 24.0. The van der Waals surface area contributed by atoms with E-state index in [0.717, 1.165) is 17.7 Å². The van der Waals surface area contributed by atoms with Gasteiger partial charge in [0.1, 0.15) is 6.04 Å². The Morgan fingerprint density at radius 3 is 2.28 bits per heavy atom. The number of carbonyl (C=O) groups excluding carboxylic acids is 3. The number of alkyl halides is 3. The fraction of sp³-hybridized carbons (Fsp3) is 0.464. The van der Waals surface area contributed by atoms with Crippen molar-refractivity contribution in [3.63, 3.8) is 0 Å². The smallest absolute Gasteiger partial charge is 0.423 e. The summed E-state index contributed by atoms with van der Waals surface area (Å²) in [6, 6.07) is 6.93. The van der Waals surface area contributed by atoms with E-state index in [1.54, 1.807) is 32.0 Å². The molecule has 2 aromatic rings. The highest BCUT2D eigenvalue weighted by Gasteiger charge is 2.40. The molecular formula is C28H38BF3N6O5. The Morgan fingerprint density at radius 2 is 1.67 bits per heavy atom. The van der Waals surface area contributed by atoms with Gasteiger partial charge >= 0.3 is 13.3 Å². The first-order chi connectivity index (χ1) is 20.2. The van der Waals surface area contributed by atoms with Gasteiger partial charge < -0.3 is 42.8 Å². The molecule has 3 amide bonds. The number of hydrogen-bond acceptors (Lipinski definition) is 8. The monoisotopic (exact) mass is 606 g/mol. The van der Waals surface area contributed by atoms with Crippen LogP contribution in [-0.4, -0.2) is 61.6 Å². The second kappa shape index (κ2) is 14.3. The lowest BCUT2D eigenvalue weighted by Crippen LogP contribution is -2.51. The number of nitrogens with one attached hydrogen (secondary N) is 3. The van der Waals surface area contributed by atoms with Gasteiger partial charge in [0.25, 0.3) is 0 Å². The zero-order valence-electron chi connectivity index (χ0n) is 24.0. The van der Waals surface area contributed by atoms with Crippen molar-refractivity contribution in [1.29, 1.82) is 0 Å². The molecule has 15 heteroatoms. The Kier molecular flexibility index (Phi) is 11.3. The Hall–Kier alpha value is -3.50. The van der Waals surface area contributed by atoms with Gasteiger partial charge in [-0.2, -0.15) is 13.2 Å². The minimum atomic E-state index is -4.53. The molecule has 0 bridgehead atoms. The van der Waals surface area contributed by atoms with E-state index in [1.165, 1.54) is 12.1 Å². The van der Waals surface area contributed by atoms with Crippen molar-refractivity contribution in [2.75, 3.05) is 25.0 Å². The van der Waals surface area contributed by atoms with Crippen LogP contribution in [0.5, 0.6) is 0 Å². The lowest BCUT2D eigenvalue weighted by atomic mass is 9.78. The van der Waals surface area contributed by atoms with Gasteiger partial charge in [-0.05, 0) is 67.5 Å². The maximum absolute atomic E-state index is 13.4. The molecule has 0 spiro atoms. The van der Waals surface area contributed by atoms with E-state index >= 15 is 0 Å². The van der Waals surface area contributed by atoms with Crippen molar-refractivity contribution < 1.29 is 37.2 Å². The van der Waals surface area contributed by atoms with Gasteiger partial charge in [0.15, 0.2) is 0 Å². The first kappa shape index (κ1) is 34.0. The molecule has 2 aromatic carbocycles. The molecule has 43 heavy (non-hydrogen) atoms. The molecule has 0 saturated heterocycles. The number of amides is 3. The van der Waals surface area contributed by atoms with Crippen LogP contribution in [0.3, 0.4) is 0 Å². The number of nitrogens with two attached hydrogens (primary N) is 3. The summed E-state index contributed by atoms with van der Waals surface area (Å²) in [7, 11) is -1.19. The van der Waals surface area contributed by atoms with Crippen molar-refractivity contribution in [2.45, 2.75) is 57.0 Å². The van der Waals surface area contributed by atoms with Crippen molar-refractivity contribution in [3.8, 4) is 0 Å². The molecule has 0 fully saturated rings. The van der Waals surface area contributed by atoms with Crippen LogP contribution < -0.4 is 38.6 Å². The molecule has 1 heterocycles. The van der Waals surface area contributed by atoms with Gasteiger partial charge in [-0.15, -0.1) is 0 Å². The van der Waals surface area contributed by atoms with Crippen LogP contribution in [0.15, 0.2) is 42.5 Å². The molecule has 0 saturated carbocycles. The van der Waals surface area contributed by atoms with Crippen LogP contribution >= 0.6 is 0 Å². The number of halogens is 3. The number of benzene rings is 2. The Morgan fingerprint density at radius 1 is 1.02 bits per heavy atom. The topological polar surface area (TPSA) is 195 Å². The van der Waals surface area contributed by atoms with Gasteiger partial charge in [-0.3, -0.25) is 14.4 Å². The summed E-state index contributed by atoms with van der Waals surface area (Å²) in [6.07, 6.45) is -4.12. The average molecular weight is 606 g/mol. The lowest BCUT2D eigenvalue weighted by Gasteiger charge is -2.22. The SMILES string of the molecule is CC1(C)OB(O)c2cc(NC(=O)[C@@H](Cc3ccc(C(F)(F)F)cc3)NC(=O)[C@@H](N)CCCNC(=O)C(CN)CN)ccc21. The van der Waals surface area contributed by atoms with Crippen LogP contribution in [0.4, 0.5) is 18.9 Å². The van der Waals surface area contributed by atoms with Gasteiger partial charge in [-0.25, -0.2) is 0 Å². The minimum Gasteiger partial charge on any atom is -0.423 e. The fourth-order valence-electron chi connectivity index (χ4n) is 4.70. The van der Waals surface area contributed by atoms with E-state index in [0.29, 0.717) is 23.1 Å². The third kappa shape index (κ3) is 9.00. The van der Waals surface area contributed by atoms with Gasteiger partial charge in [0, 0.05) is 31.7 Å². The largest absolute Gasteiger partial charge is 0.492 e. The minimum absolute atomic E-state index is 0.102. The van der Waals surface area contributed by atoms with Gasteiger partial charge in [0.05, 0.1) is 23.1 Å². The predicted octanol–water partition coefficient (Wildman–Crippen LogP) is 0.0815. The number of fused-ring (bicyclic) bond motifs is 1. The highest BCUT2D eigenvalue weighted by atomic mass is 19.4. The third-order valence-corrected chi connectivity index (χ3v) is 7.26. The molecule has 0 aromatic heterocycles.